The van der Waals surface area contributed by atoms with Crippen molar-refractivity contribution in [2.45, 2.75) is 25.0 Å². The Morgan fingerprint density at radius 3 is 2.40 bits per heavy atom. The predicted molar refractivity (Wildman–Crippen MR) is 92.8 cm³/mol. The van der Waals surface area contributed by atoms with Gasteiger partial charge in [-0.2, -0.15) is 0 Å². The number of hydrogen-bond acceptors (Lipinski definition) is 4. The summed E-state index contributed by atoms with van der Waals surface area (Å²) in [5.41, 5.74) is 1.05. The number of rotatable bonds is 3. The molecule has 1 amide bonds. The third kappa shape index (κ3) is 2.98. The maximum Gasteiger partial charge on any atom is 0.310 e. The van der Waals surface area contributed by atoms with Crippen LogP contribution in [0.3, 0.4) is 0 Å². The Kier molecular flexibility index (Phi) is 4.33. The van der Waals surface area contributed by atoms with Crippen molar-refractivity contribution in [3.63, 3.8) is 0 Å². The van der Waals surface area contributed by atoms with E-state index in [4.69, 9.17) is 16.3 Å². The van der Waals surface area contributed by atoms with Crippen LogP contribution in [0.4, 0.5) is 5.69 Å². The third-order valence-corrected chi connectivity index (χ3v) is 5.84. The SMILES string of the molecule is O=C(O)[C@@H]1[C@@H](C(=O)N2CCN(c3cccc(Cl)c3)CC2)[C@@H]2CC[C@@H]1O2. The second kappa shape index (κ2) is 6.50. The summed E-state index contributed by atoms with van der Waals surface area (Å²) in [5, 5.41) is 10.2. The van der Waals surface area contributed by atoms with Crippen LogP contribution in [0.15, 0.2) is 24.3 Å². The summed E-state index contributed by atoms with van der Waals surface area (Å²) in [4.78, 5) is 28.5. The lowest BCUT2D eigenvalue weighted by Gasteiger charge is -2.38. The lowest BCUT2D eigenvalue weighted by molar-refractivity contribution is -0.151. The first-order chi connectivity index (χ1) is 12.0. The summed E-state index contributed by atoms with van der Waals surface area (Å²) in [6.45, 7) is 2.61. The predicted octanol–water partition coefficient (Wildman–Crippen LogP) is 1.87. The maximum atomic E-state index is 12.9. The molecule has 134 valence electrons. The summed E-state index contributed by atoms with van der Waals surface area (Å²) < 4.78 is 5.72. The molecule has 1 N–H and O–H groups in total. The molecule has 3 aliphatic rings. The zero-order valence-electron chi connectivity index (χ0n) is 13.8. The van der Waals surface area contributed by atoms with E-state index >= 15 is 0 Å². The topological polar surface area (TPSA) is 70.1 Å². The number of amides is 1. The number of halogens is 1. The van der Waals surface area contributed by atoms with Gasteiger partial charge in [0.2, 0.25) is 5.91 Å². The molecular formula is C18H21ClN2O4. The Morgan fingerprint density at radius 1 is 1.08 bits per heavy atom. The second-order valence-electron chi connectivity index (χ2n) is 6.97. The quantitative estimate of drug-likeness (QED) is 0.886. The average molecular weight is 365 g/mol. The van der Waals surface area contributed by atoms with Crippen molar-refractivity contribution in [1.29, 1.82) is 0 Å². The van der Waals surface area contributed by atoms with Gasteiger partial charge in [-0.3, -0.25) is 9.59 Å². The van der Waals surface area contributed by atoms with Crippen LogP contribution in [0.25, 0.3) is 0 Å². The number of carboxylic acid groups (broad SMARTS) is 1. The van der Waals surface area contributed by atoms with Gasteiger partial charge >= 0.3 is 5.97 Å². The van der Waals surface area contributed by atoms with Crippen LogP contribution >= 0.6 is 11.6 Å². The van der Waals surface area contributed by atoms with Crippen LogP contribution in [0.1, 0.15) is 12.8 Å². The number of nitrogens with zero attached hydrogens (tertiary/aromatic N) is 2. The van der Waals surface area contributed by atoms with Crippen LogP contribution in [-0.2, 0) is 14.3 Å². The van der Waals surface area contributed by atoms with Gasteiger partial charge in [-0.1, -0.05) is 17.7 Å². The van der Waals surface area contributed by atoms with Gasteiger partial charge in [0.1, 0.15) is 0 Å². The third-order valence-electron chi connectivity index (χ3n) is 5.61. The lowest BCUT2D eigenvalue weighted by Crippen LogP contribution is -2.53. The fourth-order valence-electron chi connectivity index (χ4n) is 4.37. The van der Waals surface area contributed by atoms with E-state index in [2.05, 4.69) is 4.90 Å². The highest BCUT2D eigenvalue weighted by molar-refractivity contribution is 6.30. The number of aliphatic carboxylic acids is 1. The minimum Gasteiger partial charge on any atom is -0.481 e. The molecule has 1 aromatic rings. The summed E-state index contributed by atoms with van der Waals surface area (Å²) in [5.74, 6) is -2.21. The van der Waals surface area contributed by atoms with E-state index in [-0.39, 0.29) is 18.1 Å². The Morgan fingerprint density at radius 2 is 1.76 bits per heavy atom. The van der Waals surface area contributed by atoms with E-state index in [0.717, 1.165) is 18.5 Å². The zero-order valence-corrected chi connectivity index (χ0v) is 14.6. The Hall–Kier alpha value is -1.79. The monoisotopic (exact) mass is 364 g/mol. The van der Waals surface area contributed by atoms with Gasteiger partial charge in [0.25, 0.3) is 0 Å². The highest BCUT2D eigenvalue weighted by Crippen LogP contribution is 2.44. The highest BCUT2D eigenvalue weighted by atomic mass is 35.5. The fourth-order valence-corrected chi connectivity index (χ4v) is 4.56. The molecule has 0 saturated carbocycles. The number of benzene rings is 1. The van der Waals surface area contributed by atoms with E-state index in [1.165, 1.54) is 0 Å². The molecule has 3 aliphatic heterocycles. The highest BCUT2D eigenvalue weighted by Gasteiger charge is 2.56. The molecule has 0 spiro atoms. The molecule has 6 nitrogen and oxygen atoms in total. The van der Waals surface area contributed by atoms with Gasteiger partial charge in [0.15, 0.2) is 0 Å². The molecule has 0 unspecified atom stereocenters. The molecule has 25 heavy (non-hydrogen) atoms. The van der Waals surface area contributed by atoms with Crippen LogP contribution in [0, 0.1) is 11.8 Å². The number of anilines is 1. The van der Waals surface area contributed by atoms with Crippen molar-refractivity contribution in [2.24, 2.45) is 11.8 Å². The number of hydrogen-bond donors (Lipinski definition) is 1. The van der Waals surface area contributed by atoms with Gasteiger partial charge in [0.05, 0.1) is 24.0 Å². The molecule has 0 aromatic heterocycles. The Labute approximate surface area is 151 Å². The minimum absolute atomic E-state index is 0.0645. The number of carboxylic acids is 1. The maximum absolute atomic E-state index is 12.9. The van der Waals surface area contributed by atoms with Gasteiger partial charge in [-0.25, -0.2) is 0 Å². The number of piperazine rings is 1. The molecule has 4 atom stereocenters. The largest absolute Gasteiger partial charge is 0.481 e. The zero-order chi connectivity index (χ0) is 17.6. The molecule has 1 aromatic carbocycles. The van der Waals surface area contributed by atoms with Crippen molar-refractivity contribution in [3.8, 4) is 0 Å². The van der Waals surface area contributed by atoms with E-state index in [1.54, 1.807) is 4.90 Å². The van der Waals surface area contributed by atoms with Gasteiger partial charge in [-0.15, -0.1) is 0 Å². The summed E-state index contributed by atoms with van der Waals surface area (Å²) in [6, 6.07) is 7.68. The molecule has 4 rings (SSSR count). The van der Waals surface area contributed by atoms with Crippen LogP contribution in [-0.4, -0.2) is 60.3 Å². The van der Waals surface area contributed by atoms with Crippen LogP contribution in [0.5, 0.6) is 0 Å². The van der Waals surface area contributed by atoms with E-state index in [1.807, 2.05) is 24.3 Å². The molecule has 3 heterocycles. The smallest absolute Gasteiger partial charge is 0.310 e. The van der Waals surface area contributed by atoms with Gasteiger partial charge in [-0.05, 0) is 31.0 Å². The average Bonchev–Trinajstić information content (AvgIpc) is 3.22. The van der Waals surface area contributed by atoms with Crippen molar-refractivity contribution >= 4 is 29.2 Å². The molecule has 7 heteroatoms. The standard InChI is InChI=1S/C18H21ClN2O4/c19-11-2-1-3-12(10-11)20-6-8-21(9-7-20)17(22)15-13-4-5-14(25-13)16(15)18(23)24/h1-3,10,13-16H,4-9H2,(H,23,24)/t13-,14-,15-,16-/m0/s1. The summed E-state index contributed by atoms with van der Waals surface area (Å²) in [7, 11) is 0. The molecular weight excluding hydrogens is 344 g/mol. The molecule has 0 aliphatic carbocycles. The molecule has 0 radical (unpaired) electrons. The molecule has 3 fully saturated rings. The number of ether oxygens (including phenoxy) is 1. The Bertz CT molecular complexity index is 689. The van der Waals surface area contributed by atoms with E-state index in [9.17, 15) is 14.7 Å². The first-order valence-electron chi connectivity index (χ1n) is 8.72. The number of carbonyl (C=O) groups is 2. The first-order valence-corrected chi connectivity index (χ1v) is 9.10. The van der Waals surface area contributed by atoms with Crippen molar-refractivity contribution in [1.82, 2.24) is 4.90 Å². The van der Waals surface area contributed by atoms with Crippen molar-refractivity contribution < 1.29 is 19.4 Å². The Balaban J connectivity index is 1.42. The van der Waals surface area contributed by atoms with Gasteiger partial charge in [0, 0.05) is 36.9 Å². The normalized spacial score (nSPS) is 31.4. The number of fused-ring (bicyclic) bond motifs is 2. The minimum atomic E-state index is -0.914. The van der Waals surface area contributed by atoms with Crippen molar-refractivity contribution in [2.75, 3.05) is 31.1 Å². The first kappa shape index (κ1) is 16.7. The molecule has 2 bridgehead atoms. The summed E-state index contributed by atoms with van der Waals surface area (Å²) >= 11 is 6.05. The summed E-state index contributed by atoms with van der Waals surface area (Å²) in [6.07, 6.45) is 0.996. The van der Waals surface area contributed by atoms with Gasteiger partial charge < -0.3 is 19.6 Å². The van der Waals surface area contributed by atoms with Crippen LogP contribution in [0.2, 0.25) is 5.02 Å². The second-order valence-corrected chi connectivity index (χ2v) is 7.41. The van der Waals surface area contributed by atoms with E-state index < -0.39 is 17.8 Å². The number of carbonyl (C=O) groups excluding carboxylic acids is 1. The van der Waals surface area contributed by atoms with Crippen LogP contribution < -0.4 is 4.90 Å². The molecule has 3 saturated heterocycles. The van der Waals surface area contributed by atoms with Crippen molar-refractivity contribution in [3.05, 3.63) is 29.3 Å². The van der Waals surface area contributed by atoms with E-state index in [0.29, 0.717) is 31.2 Å². The lowest BCUT2D eigenvalue weighted by atomic mass is 9.78. The fraction of sp³-hybridized carbons (Fsp3) is 0.556.